The number of carbonyl (C=O) groups is 2. The smallest absolute Gasteiger partial charge is 0.295 e. The highest BCUT2D eigenvalue weighted by Gasteiger charge is 2.52. The zero-order valence-electron chi connectivity index (χ0n) is 20.4. The Morgan fingerprint density at radius 3 is 2.71 bits per heavy atom. The Labute approximate surface area is 206 Å². The molecule has 2 aromatic rings. The lowest BCUT2D eigenvalue weighted by Crippen LogP contribution is -2.39. The van der Waals surface area contributed by atoms with Crippen LogP contribution in [-0.2, 0) is 14.3 Å². The largest absolute Gasteiger partial charge is 0.493 e. The molecular formula is C28H32N2O5. The van der Waals surface area contributed by atoms with Crippen molar-refractivity contribution in [1.82, 2.24) is 4.98 Å². The maximum Gasteiger partial charge on any atom is 0.295 e. The fourth-order valence-electron chi connectivity index (χ4n) is 5.40. The van der Waals surface area contributed by atoms with E-state index >= 15 is 0 Å². The van der Waals surface area contributed by atoms with Crippen molar-refractivity contribution in [3.8, 4) is 11.5 Å². The lowest BCUT2D eigenvalue weighted by Gasteiger charge is -2.35. The van der Waals surface area contributed by atoms with Crippen LogP contribution >= 0.6 is 0 Å². The lowest BCUT2D eigenvalue weighted by atomic mass is 9.77. The van der Waals surface area contributed by atoms with Crippen molar-refractivity contribution >= 4 is 17.5 Å². The first-order chi connectivity index (χ1) is 17.1. The van der Waals surface area contributed by atoms with E-state index in [9.17, 15) is 9.59 Å². The van der Waals surface area contributed by atoms with Crippen molar-refractivity contribution in [3.05, 3.63) is 59.5 Å². The van der Waals surface area contributed by atoms with Crippen LogP contribution in [0.5, 0.6) is 11.5 Å². The highest BCUT2D eigenvalue weighted by molar-refractivity contribution is 6.17. The molecule has 1 aromatic heterocycles. The number of benzene rings is 1. The molecule has 0 N–H and O–H groups in total. The van der Waals surface area contributed by atoms with Crippen LogP contribution in [-0.4, -0.2) is 36.5 Å². The number of fused-ring (bicyclic) bond motifs is 1. The summed E-state index contributed by atoms with van der Waals surface area (Å²) in [5.74, 6) is 1.37. The van der Waals surface area contributed by atoms with E-state index in [0.717, 1.165) is 50.5 Å². The Morgan fingerprint density at radius 2 is 1.94 bits per heavy atom. The number of anilines is 1. The third kappa shape index (κ3) is 4.28. The van der Waals surface area contributed by atoms with Gasteiger partial charge in [0, 0.05) is 6.20 Å². The number of unbranched alkanes of at least 4 members (excludes halogenated alkanes) is 2. The summed E-state index contributed by atoms with van der Waals surface area (Å²) < 4.78 is 17.8. The van der Waals surface area contributed by atoms with Crippen LogP contribution in [0, 0.1) is 5.92 Å². The average molecular weight is 477 g/mol. The Morgan fingerprint density at radius 1 is 1.09 bits per heavy atom. The molecule has 0 spiro atoms. The molecule has 1 fully saturated rings. The molecule has 1 aliphatic carbocycles. The van der Waals surface area contributed by atoms with Gasteiger partial charge >= 0.3 is 0 Å². The molecule has 3 atom stereocenters. The summed E-state index contributed by atoms with van der Waals surface area (Å²) in [6, 6.07) is 10.4. The first-order valence-corrected chi connectivity index (χ1v) is 12.6. The van der Waals surface area contributed by atoms with Gasteiger partial charge in [-0.3, -0.25) is 14.5 Å². The van der Waals surface area contributed by atoms with Gasteiger partial charge < -0.3 is 14.2 Å². The van der Waals surface area contributed by atoms with Gasteiger partial charge in [0.25, 0.3) is 5.91 Å². The summed E-state index contributed by atoms with van der Waals surface area (Å²) in [6.45, 7) is 2.76. The van der Waals surface area contributed by atoms with Crippen LogP contribution in [0.25, 0.3) is 0 Å². The molecule has 0 saturated heterocycles. The Bertz CT molecular complexity index is 1130. The zero-order chi connectivity index (χ0) is 24.4. The average Bonchev–Trinajstić information content (AvgIpc) is 3.19. The number of aromatic nitrogens is 1. The number of amides is 1. The van der Waals surface area contributed by atoms with Crippen LogP contribution in [0.1, 0.15) is 63.5 Å². The van der Waals surface area contributed by atoms with E-state index in [2.05, 4.69) is 11.9 Å². The van der Waals surface area contributed by atoms with Crippen molar-refractivity contribution in [2.45, 2.75) is 64.0 Å². The number of nitrogens with zero attached hydrogens (tertiary/aromatic N) is 2. The van der Waals surface area contributed by atoms with Gasteiger partial charge in [-0.25, -0.2) is 4.98 Å². The number of ether oxygens (including phenoxy) is 3. The molecule has 1 saturated carbocycles. The van der Waals surface area contributed by atoms with Gasteiger partial charge in [0.1, 0.15) is 11.9 Å². The molecule has 3 aliphatic rings. The monoisotopic (exact) mass is 476 g/mol. The van der Waals surface area contributed by atoms with Gasteiger partial charge in [0.05, 0.1) is 31.2 Å². The maximum atomic E-state index is 13.8. The molecule has 1 amide bonds. The third-order valence-corrected chi connectivity index (χ3v) is 7.17. The van der Waals surface area contributed by atoms with Gasteiger partial charge in [0.2, 0.25) is 0 Å². The van der Waals surface area contributed by atoms with E-state index in [1.807, 2.05) is 24.3 Å². The van der Waals surface area contributed by atoms with E-state index in [-0.39, 0.29) is 29.5 Å². The summed E-state index contributed by atoms with van der Waals surface area (Å²) in [5.41, 5.74) is 1.19. The Kier molecular flexibility index (Phi) is 6.75. The minimum atomic E-state index is -0.634. The fourth-order valence-corrected chi connectivity index (χ4v) is 5.40. The summed E-state index contributed by atoms with van der Waals surface area (Å²) in [5, 5.41) is 0. The molecule has 184 valence electrons. The molecular weight excluding hydrogens is 444 g/mol. The third-order valence-electron chi connectivity index (χ3n) is 7.17. The van der Waals surface area contributed by atoms with Crippen LogP contribution in [0.2, 0.25) is 0 Å². The summed E-state index contributed by atoms with van der Waals surface area (Å²) in [4.78, 5) is 33.5. The number of hydrogen-bond donors (Lipinski definition) is 0. The van der Waals surface area contributed by atoms with Gasteiger partial charge in [0.15, 0.2) is 23.0 Å². The molecule has 0 bridgehead atoms. The summed E-state index contributed by atoms with van der Waals surface area (Å²) >= 11 is 0. The van der Waals surface area contributed by atoms with E-state index < -0.39 is 6.04 Å². The number of rotatable bonds is 8. The van der Waals surface area contributed by atoms with Crippen molar-refractivity contribution in [3.63, 3.8) is 0 Å². The SMILES string of the molecule is CCCCCOc1ccc(C2C3=C(OC4CCCCC4C3=O)C(=O)N2c2ccccn2)cc1OC. The van der Waals surface area contributed by atoms with Gasteiger partial charge in [-0.2, -0.15) is 0 Å². The second kappa shape index (κ2) is 10.1. The second-order valence-electron chi connectivity index (χ2n) is 9.39. The molecule has 5 rings (SSSR count). The highest BCUT2D eigenvalue weighted by Crippen LogP contribution is 2.48. The van der Waals surface area contributed by atoms with Crippen LogP contribution in [0.4, 0.5) is 5.82 Å². The molecule has 35 heavy (non-hydrogen) atoms. The number of hydrogen-bond acceptors (Lipinski definition) is 6. The number of ketones is 1. The van der Waals surface area contributed by atoms with Crippen molar-refractivity contribution in [2.75, 3.05) is 18.6 Å². The maximum absolute atomic E-state index is 13.8. The highest BCUT2D eigenvalue weighted by atomic mass is 16.5. The number of pyridine rings is 1. The van der Waals surface area contributed by atoms with Crippen LogP contribution < -0.4 is 14.4 Å². The minimum Gasteiger partial charge on any atom is -0.493 e. The molecule has 1 aromatic carbocycles. The predicted molar refractivity (Wildman–Crippen MR) is 131 cm³/mol. The van der Waals surface area contributed by atoms with Gasteiger partial charge in [-0.1, -0.05) is 38.3 Å². The zero-order valence-corrected chi connectivity index (χ0v) is 20.4. The normalized spacial score (nSPS) is 23.6. The molecule has 3 unspecified atom stereocenters. The number of Topliss-reactive ketones (excluding diaryl/α,β-unsaturated/α-hetero) is 1. The minimum absolute atomic E-state index is 0.0200. The molecule has 7 heteroatoms. The van der Waals surface area contributed by atoms with Crippen molar-refractivity contribution in [2.24, 2.45) is 5.92 Å². The Balaban J connectivity index is 1.55. The van der Waals surface area contributed by atoms with Crippen LogP contribution in [0.3, 0.4) is 0 Å². The van der Waals surface area contributed by atoms with E-state index in [1.54, 1.807) is 30.3 Å². The van der Waals surface area contributed by atoms with E-state index in [0.29, 0.717) is 29.5 Å². The van der Waals surface area contributed by atoms with Crippen molar-refractivity contribution in [1.29, 1.82) is 0 Å². The quantitative estimate of drug-likeness (QED) is 0.490. The fraction of sp³-hybridized carbons (Fsp3) is 0.464. The van der Waals surface area contributed by atoms with Crippen LogP contribution in [0.15, 0.2) is 53.9 Å². The van der Waals surface area contributed by atoms with Crippen molar-refractivity contribution < 1.29 is 23.8 Å². The summed E-state index contributed by atoms with van der Waals surface area (Å²) in [7, 11) is 1.60. The Hall–Kier alpha value is -3.35. The topological polar surface area (TPSA) is 78.0 Å². The molecule has 2 aliphatic heterocycles. The molecule has 7 nitrogen and oxygen atoms in total. The van der Waals surface area contributed by atoms with Gasteiger partial charge in [-0.05, 0) is 55.5 Å². The first kappa shape index (κ1) is 23.4. The van der Waals surface area contributed by atoms with E-state index in [1.165, 1.54) is 0 Å². The lowest BCUT2D eigenvalue weighted by molar-refractivity contribution is -0.131. The second-order valence-corrected chi connectivity index (χ2v) is 9.39. The number of carbonyl (C=O) groups excluding carboxylic acids is 2. The van der Waals surface area contributed by atoms with E-state index in [4.69, 9.17) is 14.2 Å². The summed E-state index contributed by atoms with van der Waals surface area (Å²) in [6.07, 6.45) is 8.21. The standard InChI is InChI=1S/C28H32N2O5/c1-3-4-9-16-34-21-14-13-18(17-22(21)33-2)25-24-26(31)19-10-5-6-11-20(19)35-27(24)28(32)30(25)23-12-7-8-15-29-23/h7-8,12-15,17,19-20,25H,3-6,9-11,16H2,1-2H3. The first-order valence-electron chi connectivity index (χ1n) is 12.6. The number of methoxy groups -OCH3 is 1. The molecule has 0 radical (unpaired) electrons. The predicted octanol–water partition coefficient (Wildman–Crippen LogP) is 5.16. The van der Waals surface area contributed by atoms with Gasteiger partial charge in [-0.15, -0.1) is 0 Å². The molecule has 3 heterocycles.